The standard InChI is InChI=1S/C23H23NO4/c1-14-21-20(23(26)27-14)19(28-22(25)16-8-3-2-4-9-16)13-18-17-10-6-5-7-15(17)11-12-24(18)21/h2-10,14,18-21H,11-13H2,1H3/t14-,18+,19-,20-,21-/m1/s1. The van der Waals surface area contributed by atoms with E-state index in [9.17, 15) is 9.59 Å². The maximum absolute atomic E-state index is 12.7. The number of rotatable bonds is 2. The average Bonchev–Trinajstić information content (AvgIpc) is 3.03. The van der Waals surface area contributed by atoms with E-state index in [1.807, 2.05) is 25.1 Å². The van der Waals surface area contributed by atoms with Crippen LogP contribution in [-0.2, 0) is 20.7 Å². The van der Waals surface area contributed by atoms with Gasteiger partial charge in [-0.25, -0.2) is 4.79 Å². The van der Waals surface area contributed by atoms with Gasteiger partial charge in [-0.1, -0.05) is 42.5 Å². The fraction of sp³-hybridized carbons (Fsp3) is 0.391. The Morgan fingerprint density at radius 1 is 1.11 bits per heavy atom. The quantitative estimate of drug-likeness (QED) is 0.753. The molecule has 5 heteroatoms. The van der Waals surface area contributed by atoms with Crippen LogP contribution in [0.4, 0.5) is 0 Å². The summed E-state index contributed by atoms with van der Waals surface area (Å²) in [7, 11) is 0. The molecule has 5 nitrogen and oxygen atoms in total. The Kier molecular flexibility index (Phi) is 4.20. The Bertz CT molecular complexity index is 912. The van der Waals surface area contributed by atoms with Crippen LogP contribution in [0.1, 0.15) is 40.9 Å². The monoisotopic (exact) mass is 377 g/mol. The molecule has 0 amide bonds. The summed E-state index contributed by atoms with van der Waals surface area (Å²) < 4.78 is 11.5. The molecule has 0 radical (unpaired) electrons. The second-order valence-corrected chi connectivity index (χ2v) is 7.91. The number of carbonyl (C=O) groups excluding carboxylic acids is 2. The lowest BCUT2D eigenvalue weighted by molar-refractivity contribution is -0.147. The minimum atomic E-state index is -0.484. The molecule has 28 heavy (non-hydrogen) atoms. The minimum Gasteiger partial charge on any atom is -0.461 e. The van der Waals surface area contributed by atoms with Gasteiger partial charge < -0.3 is 9.47 Å². The fourth-order valence-corrected chi connectivity index (χ4v) is 5.17. The molecule has 0 unspecified atom stereocenters. The van der Waals surface area contributed by atoms with Gasteiger partial charge in [0.05, 0.1) is 11.6 Å². The lowest BCUT2D eigenvalue weighted by atomic mass is 9.77. The number of hydrogen-bond acceptors (Lipinski definition) is 5. The highest BCUT2D eigenvalue weighted by Crippen LogP contribution is 2.46. The van der Waals surface area contributed by atoms with Gasteiger partial charge in [0.2, 0.25) is 0 Å². The molecule has 5 rings (SSSR count). The Balaban J connectivity index is 1.49. The molecule has 2 aromatic carbocycles. The summed E-state index contributed by atoms with van der Waals surface area (Å²) in [6.07, 6.45) is 0.884. The molecule has 0 bridgehead atoms. The molecular weight excluding hydrogens is 354 g/mol. The van der Waals surface area contributed by atoms with Crippen molar-refractivity contribution in [1.29, 1.82) is 0 Å². The smallest absolute Gasteiger partial charge is 0.338 e. The molecule has 2 fully saturated rings. The summed E-state index contributed by atoms with van der Waals surface area (Å²) in [5.41, 5.74) is 3.12. The summed E-state index contributed by atoms with van der Waals surface area (Å²) in [5.74, 6) is -1.06. The first kappa shape index (κ1) is 17.4. The zero-order chi connectivity index (χ0) is 19.3. The molecular formula is C23H23NO4. The van der Waals surface area contributed by atoms with Gasteiger partial charge in [-0.2, -0.15) is 0 Å². The molecule has 144 valence electrons. The van der Waals surface area contributed by atoms with Gasteiger partial charge in [0.25, 0.3) is 0 Å². The van der Waals surface area contributed by atoms with Gasteiger partial charge in [0, 0.05) is 19.0 Å². The van der Waals surface area contributed by atoms with E-state index in [1.54, 1.807) is 12.1 Å². The van der Waals surface area contributed by atoms with E-state index in [0.717, 1.165) is 13.0 Å². The summed E-state index contributed by atoms with van der Waals surface area (Å²) >= 11 is 0. The third-order valence-corrected chi connectivity index (χ3v) is 6.38. The largest absolute Gasteiger partial charge is 0.461 e. The zero-order valence-corrected chi connectivity index (χ0v) is 15.8. The molecule has 0 spiro atoms. The molecule has 5 atom stereocenters. The predicted molar refractivity (Wildman–Crippen MR) is 103 cm³/mol. The van der Waals surface area contributed by atoms with Gasteiger partial charge in [-0.3, -0.25) is 9.69 Å². The van der Waals surface area contributed by atoms with Gasteiger partial charge in [-0.05, 0) is 36.6 Å². The Morgan fingerprint density at radius 3 is 2.68 bits per heavy atom. The molecule has 0 N–H and O–H groups in total. The van der Waals surface area contributed by atoms with Gasteiger partial charge in [-0.15, -0.1) is 0 Å². The van der Waals surface area contributed by atoms with Crippen LogP contribution in [0.5, 0.6) is 0 Å². The SMILES string of the molecule is C[C@H]1OC(=O)[C@H]2[C@@H]1N1CCc3ccccc3[C@@H]1C[C@H]2OC(=O)c1ccccc1. The lowest BCUT2D eigenvalue weighted by Gasteiger charge is -2.48. The second-order valence-electron chi connectivity index (χ2n) is 7.91. The van der Waals surface area contributed by atoms with Crippen LogP contribution in [0, 0.1) is 5.92 Å². The fourth-order valence-electron chi connectivity index (χ4n) is 5.17. The second kappa shape index (κ2) is 6.74. The van der Waals surface area contributed by atoms with Crippen molar-refractivity contribution in [1.82, 2.24) is 4.90 Å². The van der Waals surface area contributed by atoms with Crippen molar-refractivity contribution in [2.45, 2.75) is 44.1 Å². The number of piperidine rings is 1. The van der Waals surface area contributed by atoms with E-state index in [4.69, 9.17) is 9.47 Å². The Labute approximate surface area is 164 Å². The van der Waals surface area contributed by atoms with E-state index in [1.165, 1.54) is 11.1 Å². The minimum absolute atomic E-state index is 0.0619. The molecule has 0 aromatic heterocycles. The number of nitrogens with zero attached hydrogens (tertiary/aromatic N) is 1. The molecule has 0 aliphatic carbocycles. The van der Waals surface area contributed by atoms with Gasteiger partial charge in [0.15, 0.2) is 0 Å². The van der Waals surface area contributed by atoms with Crippen LogP contribution < -0.4 is 0 Å². The maximum Gasteiger partial charge on any atom is 0.338 e. The van der Waals surface area contributed by atoms with Crippen molar-refractivity contribution in [2.24, 2.45) is 5.92 Å². The van der Waals surface area contributed by atoms with E-state index in [2.05, 4.69) is 29.2 Å². The summed E-state index contributed by atoms with van der Waals surface area (Å²) in [4.78, 5) is 27.7. The first-order chi connectivity index (χ1) is 13.6. The first-order valence-electron chi connectivity index (χ1n) is 9.93. The van der Waals surface area contributed by atoms with Crippen LogP contribution in [0.25, 0.3) is 0 Å². The molecule has 0 saturated carbocycles. The predicted octanol–water partition coefficient (Wildman–Crippen LogP) is 3.15. The molecule has 2 aromatic rings. The molecule has 3 aliphatic heterocycles. The lowest BCUT2D eigenvalue weighted by Crippen LogP contribution is -2.57. The number of ether oxygens (including phenoxy) is 2. The summed E-state index contributed by atoms with van der Waals surface area (Å²) in [5, 5.41) is 0. The van der Waals surface area contributed by atoms with E-state index in [0.29, 0.717) is 12.0 Å². The number of fused-ring (bicyclic) bond motifs is 5. The first-order valence-corrected chi connectivity index (χ1v) is 9.93. The van der Waals surface area contributed by atoms with E-state index < -0.39 is 12.0 Å². The summed E-state index contributed by atoms with van der Waals surface area (Å²) in [6.45, 7) is 2.84. The Hall–Kier alpha value is -2.66. The number of carbonyl (C=O) groups is 2. The number of hydrogen-bond donors (Lipinski definition) is 0. The number of esters is 2. The highest BCUT2D eigenvalue weighted by Gasteiger charge is 2.57. The van der Waals surface area contributed by atoms with Crippen molar-refractivity contribution >= 4 is 11.9 Å². The zero-order valence-electron chi connectivity index (χ0n) is 15.8. The van der Waals surface area contributed by atoms with Crippen LogP contribution in [0.2, 0.25) is 0 Å². The maximum atomic E-state index is 12.7. The molecule has 3 aliphatic rings. The van der Waals surface area contributed by atoms with Crippen molar-refractivity contribution in [2.75, 3.05) is 6.54 Å². The third-order valence-electron chi connectivity index (χ3n) is 6.38. The number of benzene rings is 2. The highest BCUT2D eigenvalue weighted by molar-refractivity contribution is 5.89. The van der Waals surface area contributed by atoms with Crippen molar-refractivity contribution < 1.29 is 19.1 Å². The van der Waals surface area contributed by atoms with E-state index >= 15 is 0 Å². The van der Waals surface area contributed by atoms with Crippen LogP contribution in [0.3, 0.4) is 0 Å². The van der Waals surface area contributed by atoms with Crippen molar-refractivity contribution in [3.63, 3.8) is 0 Å². The molecule has 2 saturated heterocycles. The van der Waals surface area contributed by atoms with Crippen LogP contribution in [0.15, 0.2) is 54.6 Å². The normalized spacial score (nSPS) is 31.3. The van der Waals surface area contributed by atoms with Crippen LogP contribution >= 0.6 is 0 Å². The topological polar surface area (TPSA) is 55.8 Å². The van der Waals surface area contributed by atoms with Crippen molar-refractivity contribution in [3.8, 4) is 0 Å². The Morgan fingerprint density at radius 2 is 1.86 bits per heavy atom. The molecule has 3 heterocycles. The van der Waals surface area contributed by atoms with E-state index in [-0.39, 0.29) is 30.1 Å². The van der Waals surface area contributed by atoms with Crippen LogP contribution in [-0.4, -0.2) is 41.6 Å². The van der Waals surface area contributed by atoms with Crippen molar-refractivity contribution in [3.05, 3.63) is 71.3 Å². The highest BCUT2D eigenvalue weighted by atomic mass is 16.6. The number of cyclic esters (lactones) is 1. The third kappa shape index (κ3) is 2.73. The van der Waals surface area contributed by atoms with Gasteiger partial charge in [0.1, 0.15) is 18.1 Å². The average molecular weight is 377 g/mol. The summed E-state index contributed by atoms with van der Waals surface area (Å²) in [6, 6.07) is 17.5. The van der Waals surface area contributed by atoms with Gasteiger partial charge >= 0.3 is 11.9 Å².